The lowest BCUT2D eigenvalue weighted by Gasteiger charge is -2.16. The first-order chi connectivity index (χ1) is 13.9. The summed E-state index contributed by atoms with van der Waals surface area (Å²) in [5.74, 6) is 0.388. The maximum atomic E-state index is 12.9. The van der Waals surface area contributed by atoms with E-state index in [2.05, 4.69) is 15.3 Å². The molecule has 1 amide bonds. The first kappa shape index (κ1) is 20.6. The van der Waals surface area contributed by atoms with Crippen LogP contribution in [0.3, 0.4) is 0 Å². The SMILES string of the molecule is Cc1ccc(-c2cc(C(=O)N[C@H](C)c3cnc(C)nc3)cc(C(O)CO)c2)cc1. The standard InChI is InChI=1S/C23H25N3O3/c1-14-4-6-17(7-5-14)18-8-19(22(28)13-27)10-20(9-18)23(29)26-15(2)21-11-24-16(3)25-12-21/h4-12,15,22,27-28H,13H2,1-3H3,(H,26,29)/t15-,22?/m1/s1. The van der Waals surface area contributed by atoms with Crippen molar-refractivity contribution in [1.82, 2.24) is 15.3 Å². The van der Waals surface area contributed by atoms with E-state index in [0.29, 0.717) is 17.0 Å². The molecule has 0 radical (unpaired) electrons. The van der Waals surface area contributed by atoms with Crippen LogP contribution in [0.1, 0.15) is 51.9 Å². The van der Waals surface area contributed by atoms with Crippen molar-refractivity contribution in [2.45, 2.75) is 32.9 Å². The van der Waals surface area contributed by atoms with Crippen molar-refractivity contribution in [1.29, 1.82) is 0 Å². The highest BCUT2D eigenvalue weighted by atomic mass is 16.3. The topological polar surface area (TPSA) is 95.3 Å². The summed E-state index contributed by atoms with van der Waals surface area (Å²) in [5.41, 5.74) is 4.55. The number of nitrogens with one attached hydrogen (secondary N) is 1. The molecule has 0 saturated heterocycles. The van der Waals surface area contributed by atoms with Crippen LogP contribution in [0.4, 0.5) is 0 Å². The minimum absolute atomic E-state index is 0.279. The number of hydrogen-bond acceptors (Lipinski definition) is 5. The number of aliphatic hydroxyl groups excluding tert-OH is 2. The molecule has 0 aliphatic heterocycles. The highest BCUT2D eigenvalue weighted by molar-refractivity contribution is 5.96. The zero-order chi connectivity index (χ0) is 21.0. The van der Waals surface area contributed by atoms with E-state index in [1.165, 1.54) is 0 Å². The maximum Gasteiger partial charge on any atom is 0.251 e. The molecule has 3 aromatic rings. The van der Waals surface area contributed by atoms with E-state index in [0.717, 1.165) is 22.3 Å². The molecule has 6 nitrogen and oxygen atoms in total. The molecule has 2 aromatic carbocycles. The summed E-state index contributed by atoms with van der Waals surface area (Å²) in [6, 6.07) is 12.8. The summed E-state index contributed by atoms with van der Waals surface area (Å²) < 4.78 is 0. The van der Waals surface area contributed by atoms with Gasteiger partial charge in [0.2, 0.25) is 0 Å². The number of carbonyl (C=O) groups excluding carboxylic acids is 1. The number of aliphatic hydroxyl groups is 2. The van der Waals surface area contributed by atoms with E-state index >= 15 is 0 Å². The molecule has 29 heavy (non-hydrogen) atoms. The molecule has 3 N–H and O–H groups in total. The predicted octanol–water partition coefficient (Wildman–Crippen LogP) is 3.28. The van der Waals surface area contributed by atoms with Gasteiger partial charge in [-0.15, -0.1) is 0 Å². The Morgan fingerprint density at radius 2 is 1.66 bits per heavy atom. The molecule has 0 saturated carbocycles. The van der Waals surface area contributed by atoms with Crippen LogP contribution in [0.5, 0.6) is 0 Å². The predicted molar refractivity (Wildman–Crippen MR) is 111 cm³/mol. The van der Waals surface area contributed by atoms with Crippen molar-refractivity contribution in [3.63, 3.8) is 0 Å². The van der Waals surface area contributed by atoms with Gasteiger partial charge in [0.25, 0.3) is 5.91 Å². The van der Waals surface area contributed by atoms with Crippen molar-refractivity contribution in [2.75, 3.05) is 6.61 Å². The Kier molecular flexibility index (Phi) is 6.36. The van der Waals surface area contributed by atoms with Crippen molar-refractivity contribution in [3.8, 4) is 11.1 Å². The molecular formula is C23H25N3O3. The first-order valence-corrected chi connectivity index (χ1v) is 9.47. The summed E-state index contributed by atoms with van der Waals surface area (Å²) in [5, 5.41) is 22.4. The van der Waals surface area contributed by atoms with Crippen LogP contribution in [-0.4, -0.2) is 32.7 Å². The smallest absolute Gasteiger partial charge is 0.251 e. The lowest BCUT2D eigenvalue weighted by atomic mass is 9.96. The molecule has 0 fully saturated rings. The number of aromatic nitrogens is 2. The molecule has 0 aliphatic carbocycles. The second-order valence-corrected chi connectivity index (χ2v) is 7.17. The maximum absolute atomic E-state index is 12.9. The normalized spacial score (nSPS) is 13.0. The molecule has 1 heterocycles. The third-order valence-electron chi connectivity index (χ3n) is 4.81. The van der Waals surface area contributed by atoms with Crippen molar-refractivity contribution >= 4 is 5.91 Å². The second kappa shape index (κ2) is 8.94. The molecule has 0 aliphatic rings. The van der Waals surface area contributed by atoms with Gasteiger partial charge >= 0.3 is 0 Å². The van der Waals surface area contributed by atoms with Crippen molar-refractivity contribution in [2.24, 2.45) is 0 Å². The summed E-state index contributed by atoms with van der Waals surface area (Å²) in [7, 11) is 0. The third kappa shape index (κ3) is 5.04. The van der Waals surface area contributed by atoms with Crippen LogP contribution in [0.2, 0.25) is 0 Å². The Balaban J connectivity index is 1.92. The van der Waals surface area contributed by atoms with Gasteiger partial charge in [0, 0.05) is 23.5 Å². The lowest BCUT2D eigenvalue weighted by Crippen LogP contribution is -2.27. The van der Waals surface area contributed by atoms with Gasteiger partial charge in [0.15, 0.2) is 0 Å². The zero-order valence-electron chi connectivity index (χ0n) is 16.8. The first-order valence-electron chi connectivity index (χ1n) is 9.47. The van der Waals surface area contributed by atoms with Gasteiger partial charge in [0.1, 0.15) is 11.9 Å². The van der Waals surface area contributed by atoms with E-state index in [9.17, 15) is 15.0 Å². The number of carbonyl (C=O) groups is 1. The van der Waals surface area contributed by atoms with E-state index in [1.54, 1.807) is 37.5 Å². The van der Waals surface area contributed by atoms with Gasteiger partial charge in [-0.3, -0.25) is 4.79 Å². The van der Waals surface area contributed by atoms with Crippen molar-refractivity contribution < 1.29 is 15.0 Å². The summed E-state index contributed by atoms with van der Waals surface area (Å²) in [6.07, 6.45) is 2.32. The van der Waals surface area contributed by atoms with E-state index in [1.807, 2.05) is 38.1 Å². The monoisotopic (exact) mass is 391 g/mol. The number of aryl methyl sites for hydroxylation is 2. The minimum Gasteiger partial charge on any atom is -0.393 e. The zero-order valence-corrected chi connectivity index (χ0v) is 16.8. The fraction of sp³-hybridized carbons (Fsp3) is 0.261. The minimum atomic E-state index is -1.06. The Labute approximate surface area is 170 Å². The molecule has 150 valence electrons. The highest BCUT2D eigenvalue weighted by Crippen LogP contribution is 2.26. The van der Waals surface area contributed by atoms with E-state index in [4.69, 9.17) is 0 Å². The third-order valence-corrected chi connectivity index (χ3v) is 4.81. The fourth-order valence-corrected chi connectivity index (χ4v) is 2.98. The Bertz CT molecular complexity index is 985. The number of rotatable bonds is 6. The summed E-state index contributed by atoms with van der Waals surface area (Å²) in [6.45, 7) is 5.25. The Morgan fingerprint density at radius 1 is 1.00 bits per heavy atom. The van der Waals surface area contributed by atoms with Gasteiger partial charge in [-0.05, 0) is 55.7 Å². The molecule has 1 unspecified atom stereocenters. The molecule has 3 rings (SSSR count). The Morgan fingerprint density at radius 3 is 2.28 bits per heavy atom. The average Bonchev–Trinajstić information content (AvgIpc) is 2.73. The van der Waals surface area contributed by atoms with Crippen LogP contribution in [-0.2, 0) is 0 Å². The van der Waals surface area contributed by atoms with E-state index < -0.39 is 12.7 Å². The summed E-state index contributed by atoms with van der Waals surface area (Å²) in [4.78, 5) is 21.2. The number of nitrogens with zero attached hydrogens (tertiary/aromatic N) is 2. The Hall–Kier alpha value is -3.09. The van der Waals surface area contributed by atoms with Crippen LogP contribution < -0.4 is 5.32 Å². The van der Waals surface area contributed by atoms with Crippen LogP contribution in [0, 0.1) is 13.8 Å². The van der Waals surface area contributed by atoms with Gasteiger partial charge < -0.3 is 15.5 Å². The molecule has 0 bridgehead atoms. The number of hydrogen-bond donors (Lipinski definition) is 3. The van der Waals surface area contributed by atoms with Crippen LogP contribution in [0.25, 0.3) is 11.1 Å². The van der Waals surface area contributed by atoms with E-state index in [-0.39, 0.29) is 11.9 Å². The largest absolute Gasteiger partial charge is 0.393 e. The van der Waals surface area contributed by atoms with Gasteiger partial charge in [-0.2, -0.15) is 0 Å². The molecule has 1 aromatic heterocycles. The number of benzene rings is 2. The highest BCUT2D eigenvalue weighted by Gasteiger charge is 2.16. The molecule has 0 spiro atoms. The average molecular weight is 391 g/mol. The second-order valence-electron chi connectivity index (χ2n) is 7.17. The van der Waals surface area contributed by atoms with Gasteiger partial charge in [0.05, 0.1) is 12.6 Å². The molecule has 2 atom stereocenters. The van der Waals surface area contributed by atoms with Gasteiger partial charge in [-0.1, -0.05) is 29.8 Å². The molecular weight excluding hydrogens is 366 g/mol. The summed E-state index contributed by atoms with van der Waals surface area (Å²) >= 11 is 0. The van der Waals surface area contributed by atoms with Crippen LogP contribution >= 0.6 is 0 Å². The van der Waals surface area contributed by atoms with Crippen LogP contribution in [0.15, 0.2) is 54.9 Å². The van der Waals surface area contributed by atoms with Crippen molar-refractivity contribution in [3.05, 3.63) is 82.9 Å². The number of amides is 1. The quantitative estimate of drug-likeness (QED) is 0.599. The fourth-order valence-electron chi connectivity index (χ4n) is 2.98. The lowest BCUT2D eigenvalue weighted by molar-refractivity contribution is 0.0928. The molecule has 6 heteroatoms. The van der Waals surface area contributed by atoms with Gasteiger partial charge in [-0.25, -0.2) is 9.97 Å².